The zero-order valence-corrected chi connectivity index (χ0v) is 23.5. The van der Waals surface area contributed by atoms with Gasteiger partial charge in [0.25, 0.3) is 0 Å². The molecule has 1 aromatic rings. The normalized spacial score (nSPS) is 42.0. The summed E-state index contributed by atoms with van der Waals surface area (Å²) in [5, 5.41) is 8.74. The molecule has 1 N–H and O–H groups in total. The summed E-state index contributed by atoms with van der Waals surface area (Å²) in [6.45, 7) is 4.95. The molecular weight excluding hydrogens is 496 g/mol. The van der Waals surface area contributed by atoms with Crippen LogP contribution in [0.15, 0.2) is 27.6 Å². The number of carbonyl (C=O) groups excluding carboxylic acids is 1. The predicted molar refractivity (Wildman–Crippen MR) is 144 cm³/mol. The van der Waals surface area contributed by atoms with Crippen LogP contribution in [0.2, 0.25) is 0 Å². The number of ether oxygens (including phenoxy) is 2. The molecule has 1 unspecified atom stereocenters. The van der Waals surface area contributed by atoms with Crippen LogP contribution in [0.25, 0.3) is 0 Å². The molecule has 1 aromatic heterocycles. The highest BCUT2D eigenvalue weighted by Gasteiger charge is 2.80. The first-order valence-corrected chi connectivity index (χ1v) is 15.4. The molecule has 0 amide bonds. The Labute approximate surface area is 231 Å². The van der Waals surface area contributed by atoms with E-state index in [1.54, 1.807) is 12.3 Å². The molecule has 7 heteroatoms. The van der Waals surface area contributed by atoms with Gasteiger partial charge in [-0.15, -0.1) is 0 Å². The van der Waals surface area contributed by atoms with Crippen molar-refractivity contribution in [3.8, 4) is 0 Å². The van der Waals surface area contributed by atoms with Crippen molar-refractivity contribution in [1.29, 1.82) is 0 Å². The molecule has 5 fully saturated rings. The summed E-state index contributed by atoms with van der Waals surface area (Å²) >= 11 is 0. The van der Waals surface area contributed by atoms with Gasteiger partial charge in [0.1, 0.15) is 11.7 Å². The monoisotopic (exact) mass is 540 g/mol. The number of carboxylic acid groups (broad SMARTS) is 1. The van der Waals surface area contributed by atoms with E-state index in [0.29, 0.717) is 42.6 Å². The van der Waals surface area contributed by atoms with Crippen LogP contribution in [-0.4, -0.2) is 34.9 Å². The van der Waals surface area contributed by atoms with E-state index in [-0.39, 0.29) is 40.6 Å². The van der Waals surface area contributed by atoms with E-state index in [4.69, 9.17) is 19.0 Å². The van der Waals surface area contributed by atoms with Crippen molar-refractivity contribution < 1.29 is 28.6 Å². The quantitative estimate of drug-likeness (QED) is 0.225. The zero-order valence-electron chi connectivity index (χ0n) is 23.5. The molecule has 6 rings (SSSR count). The maximum absolute atomic E-state index is 12.5. The lowest BCUT2D eigenvalue weighted by molar-refractivity contribution is -0.164. The number of carboxylic acids is 1. The van der Waals surface area contributed by atoms with Crippen LogP contribution >= 0.6 is 0 Å². The largest absolute Gasteiger partial charge is 0.481 e. The predicted octanol–water partition coefficient (Wildman–Crippen LogP) is 6.23. The highest BCUT2D eigenvalue weighted by molar-refractivity contribution is 5.69. The second kappa shape index (κ2) is 10.0. The summed E-state index contributed by atoms with van der Waals surface area (Å²) in [6.07, 6.45) is 14.6. The van der Waals surface area contributed by atoms with Crippen LogP contribution in [0.1, 0.15) is 115 Å². The molecular formula is C32H44O7. The van der Waals surface area contributed by atoms with Crippen molar-refractivity contribution >= 4 is 11.9 Å². The lowest BCUT2D eigenvalue weighted by atomic mass is 9.44. The molecule has 7 nitrogen and oxygen atoms in total. The summed E-state index contributed by atoms with van der Waals surface area (Å²) in [4.78, 5) is 34.7. The summed E-state index contributed by atoms with van der Waals surface area (Å²) in [5.74, 6) is 1.33. The number of unbranched alkanes of at least 4 members (excludes halogenated alkanes) is 3. The van der Waals surface area contributed by atoms with Crippen LogP contribution in [0, 0.1) is 28.6 Å². The Morgan fingerprint density at radius 2 is 1.77 bits per heavy atom. The van der Waals surface area contributed by atoms with E-state index in [0.717, 1.165) is 56.9 Å². The van der Waals surface area contributed by atoms with Gasteiger partial charge in [-0.05, 0) is 105 Å². The summed E-state index contributed by atoms with van der Waals surface area (Å²) < 4.78 is 17.9. The molecule has 39 heavy (non-hydrogen) atoms. The Morgan fingerprint density at radius 3 is 2.51 bits per heavy atom. The lowest BCUT2D eigenvalue weighted by Gasteiger charge is -2.61. The molecule has 1 saturated heterocycles. The van der Waals surface area contributed by atoms with E-state index in [9.17, 15) is 14.4 Å². The van der Waals surface area contributed by atoms with Gasteiger partial charge in [0.2, 0.25) is 0 Å². The number of fused-ring (bicyclic) bond motifs is 3. The van der Waals surface area contributed by atoms with Gasteiger partial charge in [0, 0.05) is 24.3 Å². The van der Waals surface area contributed by atoms with Crippen molar-refractivity contribution in [3.63, 3.8) is 0 Å². The highest BCUT2D eigenvalue weighted by atomic mass is 16.6. The second-order valence-corrected chi connectivity index (χ2v) is 13.7. The van der Waals surface area contributed by atoms with Gasteiger partial charge < -0.3 is 19.0 Å². The Kier molecular flexibility index (Phi) is 6.96. The number of hydrogen-bond donors (Lipinski definition) is 1. The first-order chi connectivity index (χ1) is 18.7. The summed E-state index contributed by atoms with van der Waals surface area (Å²) in [7, 11) is 0. The van der Waals surface area contributed by atoms with Crippen molar-refractivity contribution in [1.82, 2.24) is 0 Å². The molecule has 0 bridgehead atoms. The average molecular weight is 541 g/mol. The van der Waals surface area contributed by atoms with Crippen molar-refractivity contribution in [2.75, 3.05) is 0 Å². The third-order valence-corrected chi connectivity index (χ3v) is 12.0. The van der Waals surface area contributed by atoms with Crippen LogP contribution in [-0.2, 0) is 19.1 Å². The first kappa shape index (κ1) is 27.0. The van der Waals surface area contributed by atoms with E-state index < -0.39 is 5.97 Å². The molecule has 214 valence electrons. The first-order valence-electron chi connectivity index (χ1n) is 15.4. The summed E-state index contributed by atoms with van der Waals surface area (Å²) in [6, 6.07) is 3.52. The van der Waals surface area contributed by atoms with Crippen molar-refractivity contribution in [3.05, 3.63) is 34.4 Å². The average Bonchev–Trinajstić information content (AvgIpc) is 3.56. The van der Waals surface area contributed by atoms with Gasteiger partial charge in [0.05, 0.1) is 12.4 Å². The standard InChI is InChI=1S/C32H44O7/c1-30-15-13-22(38-29(36)8-6-4-3-5-7-27(33)34)17-21(30)10-11-24-23(30)14-16-31(2)25(18-26-32(24,31)39-26)20-9-12-28(35)37-19-20/h9,12,19,21-26H,3-8,10-11,13-18H2,1-2H3,(H,33,34)/t21-,22-,23?,24-,25-,26-,30+,31-,32-/m1/s1. The van der Waals surface area contributed by atoms with Gasteiger partial charge >= 0.3 is 17.6 Å². The van der Waals surface area contributed by atoms with Crippen LogP contribution in [0.5, 0.6) is 0 Å². The smallest absolute Gasteiger partial charge is 0.335 e. The van der Waals surface area contributed by atoms with Crippen molar-refractivity contribution in [2.24, 2.45) is 28.6 Å². The molecule has 1 spiro atoms. The SMILES string of the molecule is C[C@]12CC[C@@H](OC(=O)CCCCCCC(=O)O)C[C@H]1CC[C@@H]1C2CC[C@]2(C)[C@@H](c3ccc(=O)oc3)C[C@H]3O[C@]132. The fourth-order valence-corrected chi connectivity index (χ4v) is 9.97. The van der Waals surface area contributed by atoms with Crippen molar-refractivity contribution in [2.45, 2.75) is 127 Å². The fraction of sp³-hybridized carbons (Fsp3) is 0.781. The minimum atomic E-state index is -0.755. The lowest BCUT2D eigenvalue weighted by Crippen LogP contribution is -2.58. The molecule has 0 radical (unpaired) electrons. The molecule has 1 aliphatic heterocycles. The number of rotatable bonds is 9. The molecule has 2 heterocycles. The maximum Gasteiger partial charge on any atom is 0.335 e. The minimum Gasteiger partial charge on any atom is -0.481 e. The van der Waals surface area contributed by atoms with E-state index in [2.05, 4.69) is 13.8 Å². The van der Waals surface area contributed by atoms with Gasteiger partial charge in [-0.2, -0.15) is 0 Å². The van der Waals surface area contributed by atoms with E-state index in [1.165, 1.54) is 19.3 Å². The minimum absolute atomic E-state index is 0.0275. The number of carbonyl (C=O) groups is 2. The van der Waals surface area contributed by atoms with Gasteiger partial charge in [-0.1, -0.05) is 26.7 Å². The Bertz CT molecular complexity index is 1140. The topological polar surface area (TPSA) is 106 Å². The van der Waals surface area contributed by atoms with E-state index >= 15 is 0 Å². The molecule has 4 saturated carbocycles. The highest BCUT2D eigenvalue weighted by Crippen LogP contribution is 2.78. The number of epoxide rings is 1. The zero-order chi connectivity index (χ0) is 27.4. The number of aliphatic carboxylic acids is 1. The van der Waals surface area contributed by atoms with Crippen LogP contribution in [0.3, 0.4) is 0 Å². The fourth-order valence-electron chi connectivity index (χ4n) is 9.97. The number of hydrogen-bond acceptors (Lipinski definition) is 6. The molecule has 9 atom stereocenters. The van der Waals surface area contributed by atoms with Gasteiger partial charge in [0.15, 0.2) is 0 Å². The van der Waals surface area contributed by atoms with E-state index in [1.807, 2.05) is 6.07 Å². The Morgan fingerprint density at radius 1 is 0.974 bits per heavy atom. The summed E-state index contributed by atoms with van der Waals surface area (Å²) in [5.41, 5.74) is 1.15. The van der Waals surface area contributed by atoms with Crippen LogP contribution in [0.4, 0.5) is 0 Å². The number of esters is 1. The van der Waals surface area contributed by atoms with Gasteiger partial charge in [-0.3, -0.25) is 9.59 Å². The second-order valence-electron chi connectivity index (χ2n) is 13.7. The van der Waals surface area contributed by atoms with Gasteiger partial charge in [-0.25, -0.2) is 4.79 Å². The maximum atomic E-state index is 12.5. The molecule has 5 aliphatic rings. The molecule has 4 aliphatic carbocycles. The Hall–Kier alpha value is -2.15. The molecule has 0 aromatic carbocycles. The Balaban J connectivity index is 1.06. The van der Waals surface area contributed by atoms with Crippen LogP contribution < -0.4 is 5.63 Å². The third-order valence-electron chi connectivity index (χ3n) is 12.0. The third kappa shape index (κ3) is 4.47.